The smallest absolute Gasteiger partial charge is 0.240 e. The molecule has 1 amide bonds. The van der Waals surface area contributed by atoms with E-state index in [1.54, 1.807) is 7.11 Å². The summed E-state index contributed by atoms with van der Waals surface area (Å²) in [4.78, 5) is 22.6. The standard InChI is InChI=1S/C16H21N5O2/c1-23-7-4-13-16(22)21(6-5-18-13)9-11-2-3-12-14(8-11)19-10-20-15(12)17/h2-3,8,10,13,18H,4-7,9H2,1H3,(H2,17,19,20). The molecule has 1 fully saturated rings. The number of methoxy groups -OCH3 is 1. The van der Waals surface area contributed by atoms with Gasteiger partial charge < -0.3 is 20.7 Å². The van der Waals surface area contributed by atoms with E-state index in [1.165, 1.54) is 6.33 Å². The van der Waals surface area contributed by atoms with Gasteiger partial charge in [-0.25, -0.2) is 9.97 Å². The molecule has 0 radical (unpaired) electrons. The van der Waals surface area contributed by atoms with E-state index in [9.17, 15) is 4.79 Å². The summed E-state index contributed by atoms with van der Waals surface area (Å²) in [6, 6.07) is 5.69. The summed E-state index contributed by atoms with van der Waals surface area (Å²) < 4.78 is 5.07. The molecule has 1 unspecified atom stereocenters. The topological polar surface area (TPSA) is 93.4 Å². The van der Waals surface area contributed by atoms with Crippen molar-refractivity contribution in [2.24, 2.45) is 0 Å². The Morgan fingerprint density at radius 1 is 1.43 bits per heavy atom. The lowest BCUT2D eigenvalue weighted by atomic mass is 10.1. The minimum atomic E-state index is -0.165. The molecule has 0 bridgehead atoms. The van der Waals surface area contributed by atoms with E-state index in [1.807, 2.05) is 23.1 Å². The molecule has 3 rings (SSSR count). The number of nitrogens with two attached hydrogens (primary N) is 1. The second-order valence-electron chi connectivity index (χ2n) is 5.66. The molecule has 1 aromatic carbocycles. The fraction of sp³-hybridized carbons (Fsp3) is 0.438. The van der Waals surface area contributed by atoms with Crippen LogP contribution in [0.4, 0.5) is 5.82 Å². The molecule has 1 aliphatic heterocycles. The van der Waals surface area contributed by atoms with Crippen LogP contribution in [0.15, 0.2) is 24.5 Å². The van der Waals surface area contributed by atoms with Gasteiger partial charge in [-0.15, -0.1) is 0 Å². The number of hydrogen-bond acceptors (Lipinski definition) is 6. The molecule has 2 aromatic rings. The van der Waals surface area contributed by atoms with E-state index in [2.05, 4.69) is 15.3 Å². The van der Waals surface area contributed by atoms with Crippen molar-refractivity contribution in [3.8, 4) is 0 Å². The molecule has 1 saturated heterocycles. The van der Waals surface area contributed by atoms with Gasteiger partial charge in [0.25, 0.3) is 0 Å². The zero-order chi connectivity index (χ0) is 16.2. The van der Waals surface area contributed by atoms with Gasteiger partial charge >= 0.3 is 0 Å². The summed E-state index contributed by atoms with van der Waals surface area (Å²) in [6.45, 7) is 2.64. The van der Waals surface area contributed by atoms with E-state index in [0.29, 0.717) is 31.9 Å². The van der Waals surface area contributed by atoms with Crippen molar-refractivity contribution >= 4 is 22.6 Å². The first-order valence-electron chi connectivity index (χ1n) is 7.69. The van der Waals surface area contributed by atoms with Gasteiger partial charge in [-0.05, 0) is 24.1 Å². The number of benzene rings is 1. The van der Waals surface area contributed by atoms with Gasteiger partial charge in [0.15, 0.2) is 0 Å². The van der Waals surface area contributed by atoms with Gasteiger partial charge in [0.1, 0.15) is 12.1 Å². The predicted octanol–water partition coefficient (Wildman–Crippen LogP) is 0.549. The molecular formula is C16H21N5O2. The summed E-state index contributed by atoms with van der Waals surface area (Å²) in [5.41, 5.74) is 7.68. The van der Waals surface area contributed by atoms with Crippen molar-refractivity contribution in [3.63, 3.8) is 0 Å². The minimum Gasteiger partial charge on any atom is -0.385 e. The minimum absolute atomic E-state index is 0.121. The first-order valence-corrected chi connectivity index (χ1v) is 7.69. The summed E-state index contributed by atoms with van der Waals surface area (Å²) in [5, 5.41) is 4.08. The van der Waals surface area contributed by atoms with E-state index >= 15 is 0 Å². The van der Waals surface area contributed by atoms with Crippen LogP contribution in [0.2, 0.25) is 0 Å². The number of ether oxygens (including phenoxy) is 1. The fourth-order valence-electron chi connectivity index (χ4n) is 2.85. The highest BCUT2D eigenvalue weighted by Gasteiger charge is 2.27. The van der Waals surface area contributed by atoms with Crippen LogP contribution in [0.25, 0.3) is 10.9 Å². The van der Waals surface area contributed by atoms with Gasteiger partial charge in [-0.2, -0.15) is 0 Å². The lowest BCUT2D eigenvalue weighted by molar-refractivity contribution is -0.136. The number of rotatable bonds is 5. The Bertz CT molecular complexity index is 706. The molecule has 3 N–H and O–H groups in total. The zero-order valence-corrected chi connectivity index (χ0v) is 13.2. The number of nitrogen functional groups attached to an aromatic ring is 1. The largest absolute Gasteiger partial charge is 0.385 e. The number of carbonyl (C=O) groups excluding carboxylic acids is 1. The molecule has 0 spiro atoms. The first kappa shape index (κ1) is 15.6. The summed E-state index contributed by atoms with van der Waals surface area (Å²) in [5.74, 6) is 0.593. The molecule has 7 heteroatoms. The number of piperazine rings is 1. The number of amides is 1. The average molecular weight is 315 g/mol. The maximum atomic E-state index is 12.5. The molecule has 122 valence electrons. The lowest BCUT2D eigenvalue weighted by Crippen LogP contribution is -2.54. The second-order valence-corrected chi connectivity index (χ2v) is 5.66. The molecule has 1 aromatic heterocycles. The van der Waals surface area contributed by atoms with Gasteiger partial charge in [-0.1, -0.05) is 6.07 Å². The molecule has 0 saturated carbocycles. The van der Waals surface area contributed by atoms with Gasteiger partial charge in [0.05, 0.1) is 11.6 Å². The van der Waals surface area contributed by atoms with Gasteiger partial charge in [-0.3, -0.25) is 4.79 Å². The Morgan fingerprint density at radius 3 is 3.13 bits per heavy atom. The number of fused-ring (bicyclic) bond motifs is 1. The van der Waals surface area contributed by atoms with Crippen LogP contribution in [0, 0.1) is 0 Å². The van der Waals surface area contributed by atoms with E-state index in [4.69, 9.17) is 10.5 Å². The van der Waals surface area contributed by atoms with Crippen molar-refractivity contribution in [1.29, 1.82) is 0 Å². The second kappa shape index (κ2) is 6.89. The van der Waals surface area contributed by atoms with Crippen LogP contribution >= 0.6 is 0 Å². The zero-order valence-electron chi connectivity index (χ0n) is 13.2. The average Bonchev–Trinajstić information content (AvgIpc) is 2.56. The van der Waals surface area contributed by atoms with Crippen LogP contribution in [0.5, 0.6) is 0 Å². The highest BCUT2D eigenvalue weighted by atomic mass is 16.5. The van der Waals surface area contributed by atoms with Crippen LogP contribution in [0.3, 0.4) is 0 Å². The molecular weight excluding hydrogens is 294 g/mol. The Hall–Kier alpha value is -2.25. The van der Waals surface area contributed by atoms with Crippen LogP contribution in [-0.4, -0.2) is 53.6 Å². The quantitative estimate of drug-likeness (QED) is 0.837. The summed E-state index contributed by atoms with van der Waals surface area (Å²) in [6.07, 6.45) is 2.14. The van der Waals surface area contributed by atoms with Crippen molar-refractivity contribution in [2.75, 3.05) is 32.5 Å². The van der Waals surface area contributed by atoms with E-state index < -0.39 is 0 Å². The Morgan fingerprint density at radius 2 is 2.30 bits per heavy atom. The predicted molar refractivity (Wildman–Crippen MR) is 87.7 cm³/mol. The van der Waals surface area contributed by atoms with Crippen molar-refractivity contribution in [3.05, 3.63) is 30.1 Å². The number of carbonyl (C=O) groups is 1. The monoisotopic (exact) mass is 315 g/mol. The molecule has 1 aliphatic rings. The number of nitrogens with zero attached hydrogens (tertiary/aromatic N) is 3. The highest BCUT2D eigenvalue weighted by molar-refractivity contribution is 5.88. The Kier molecular flexibility index (Phi) is 4.68. The third kappa shape index (κ3) is 3.40. The molecule has 0 aliphatic carbocycles. The summed E-state index contributed by atoms with van der Waals surface area (Å²) >= 11 is 0. The lowest BCUT2D eigenvalue weighted by Gasteiger charge is -2.33. The van der Waals surface area contributed by atoms with Crippen LogP contribution < -0.4 is 11.1 Å². The van der Waals surface area contributed by atoms with Gasteiger partial charge in [0.2, 0.25) is 5.91 Å². The van der Waals surface area contributed by atoms with Crippen LogP contribution in [0.1, 0.15) is 12.0 Å². The maximum absolute atomic E-state index is 12.5. The maximum Gasteiger partial charge on any atom is 0.240 e. The number of anilines is 1. The van der Waals surface area contributed by atoms with E-state index in [0.717, 1.165) is 23.0 Å². The Labute approximate surface area is 134 Å². The van der Waals surface area contributed by atoms with Crippen molar-refractivity contribution in [1.82, 2.24) is 20.2 Å². The number of hydrogen-bond donors (Lipinski definition) is 2. The summed E-state index contributed by atoms with van der Waals surface area (Å²) in [7, 11) is 1.65. The third-order valence-corrected chi connectivity index (χ3v) is 4.10. The highest BCUT2D eigenvalue weighted by Crippen LogP contribution is 2.19. The van der Waals surface area contributed by atoms with E-state index in [-0.39, 0.29) is 11.9 Å². The SMILES string of the molecule is COCCC1NCCN(Cc2ccc3c(N)ncnc3c2)C1=O. The number of aromatic nitrogens is 2. The fourth-order valence-corrected chi connectivity index (χ4v) is 2.85. The normalized spacial score (nSPS) is 18.6. The van der Waals surface area contributed by atoms with Gasteiger partial charge in [0, 0.05) is 38.7 Å². The molecule has 7 nitrogen and oxygen atoms in total. The molecule has 1 atom stereocenters. The van der Waals surface area contributed by atoms with Crippen LogP contribution in [-0.2, 0) is 16.1 Å². The third-order valence-electron chi connectivity index (χ3n) is 4.10. The molecule has 23 heavy (non-hydrogen) atoms. The number of nitrogens with one attached hydrogen (secondary N) is 1. The van der Waals surface area contributed by atoms with Crippen molar-refractivity contribution in [2.45, 2.75) is 19.0 Å². The first-order chi connectivity index (χ1) is 11.2. The molecule has 2 heterocycles. The Balaban J connectivity index is 1.74. The van der Waals surface area contributed by atoms with Crippen molar-refractivity contribution < 1.29 is 9.53 Å².